The Bertz CT molecular complexity index is 947. The molecule has 0 saturated heterocycles. The predicted molar refractivity (Wildman–Crippen MR) is 91.0 cm³/mol. The molecule has 0 spiro atoms. The normalized spacial score (nSPS) is 11.4. The molecule has 0 bridgehead atoms. The molecule has 13 heteroatoms. The summed E-state index contributed by atoms with van der Waals surface area (Å²) in [5.41, 5.74) is 0.301. The van der Waals surface area contributed by atoms with E-state index < -0.39 is 31.5 Å². The number of hydrogen-bond acceptors (Lipinski definition) is 5. The number of rotatable bonds is 5. The van der Waals surface area contributed by atoms with Crippen LogP contribution in [-0.2, 0) is 26.8 Å². The molecular formula is C11H14N2Na2O7S2. The zero-order valence-electron chi connectivity index (χ0n) is 11.0. The van der Waals surface area contributed by atoms with E-state index in [1.807, 2.05) is 0 Å². The quantitative estimate of drug-likeness (QED) is 0.420. The third-order valence-electron chi connectivity index (χ3n) is 2.83. The van der Waals surface area contributed by atoms with Gasteiger partial charge in [0.25, 0.3) is 25.8 Å². The van der Waals surface area contributed by atoms with Crippen molar-refractivity contribution in [3.8, 4) is 11.3 Å². The Morgan fingerprint density at radius 3 is 2.00 bits per heavy atom. The molecule has 2 rings (SSSR count). The van der Waals surface area contributed by atoms with Crippen LogP contribution in [0.1, 0.15) is 0 Å². The SMILES string of the molecule is O=c1cc(-c2ccc(S(=O)(=O)O)cc2)[nH]n1CCS(=O)(=O)O.[NaH].[NaH]. The number of aryl methyl sites for hydroxylation is 1. The number of benzene rings is 1. The summed E-state index contributed by atoms with van der Waals surface area (Å²) in [5, 5.41) is 2.65. The van der Waals surface area contributed by atoms with E-state index in [0.717, 1.165) is 4.68 Å². The topological polar surface area (TPSA) is 147 Å². The first kappa shape index (κ1) is 24.1. The van der Waals surface area contributed by atoms with Crippen LogP contribution in [0.3, 0.4) is 0 Å². The van der Waals surface area contributed by atoms with E-state index in [1.54, 1.807) is 0 Å². The van der Waals surface area contributed by atoms with E-state index in [-0.39, 0.29) is 70.6 Å². The molecule has 0 aliphatic carbocycles. The zero-order valence-corrected chi connectivity index (χ0v) is 12.6. The fourth-order valence-electron chi connectivity index (χ4n) is 1.76. The van der Waals surface area contributed by atoms with Crippen LogP contribution in [0.15, 0.2) is 40.0 Å². The number of H-pyrrole nitrogens is 1. The van der Waals surface area contributed by atoms with Crippen molar-refractivity contribution < 1.29 is 25.9 Å². The van der Waals surface area contributed by atoms with Crippen LogP contribution in [-0.4, -0.2) is 101 Å². The van der Waals surface area contributed by atoms with Crippen molar-refractivity contribution in [1.29, 1.82) is 0 Å². The van der Waals surface area contributed by atoms with E-state index in [2.05, 4.69) is 5.10 Å². The van der Waals surface area contributed by atoms with E-state index in [4.69, 9.17) is 9.11 Å². The third-order valence-corrected chi connectivity index (χ3v) is 4.39. The van der Waals surface area contributed by atoms with E-state index in [9.17, 15) is 21.6 Å². The minimum absolute atomic E-state index is 0. The Labute approximate surface area is 182 Å². The number of nitrogens with one attached hydrogen (secondary N) is 1. The molecule has 0 amide bonds. The van der Waals surface area contributed by atoms with Gasteiger partial charge in [-0.25, -0.2) is 0 Å². The van der Waals surface area contributed by atoms with Crippen molar-refractivity contribution in [1.82, 2.24) is 9.78 Å². The molecule has 0 saturated carbocycles. The summed E-state index contributed by atoms with van der Waals surface area (Å²) < 4.78 is 61.7. The molecule has 0 atom stereocenters. The van der Waals surface area contributed by atoms with Crippen molar-refractivity contribution >= 4 is 79.4 Å². The van der Waals surface area contributed by atoms with Gasteiger partial charge in [-0.1, -0.05) is 12.1 Å². The number of hydrogen-bond donors (Lipinski definition) is 3. The van der Waals surface area contributed by atoms with Crippen molar-refractivity contribution in [2.45, 2.75) is 11.4 Å². The fraction of sp³-hybridized carbons (Fsp3) is 0.182. The molecule has 2 aromatic rings. The molecule has 1 aromatic carbocycles. The molecule has 0 aliphatic heterocycles. The van der Waals surface area contributed by atoms with Crippen LogP contribution >= 0.6 is 0 Å². The Balaban J connectivity index is 0.00000264. The molecule has 0 radical (unpaired) electrons. The van der Waals surface area contributed by atoms with Gasteiger partial charge in [-0.15, -0.1) is 0 Å². The Morgan fingerprint density at radius 2 is 1.54 bits per heavy atom. The van der Waals surface area contributed by atoms with Crippen LogP contribution in [0.5, 0.6) is 0 Å². The van der Waals surface area contributed by atoms with Crippen molar-refractivity contribution in [2.24, 2.45) is 0 Å². The molecule has 24 heavy (non-hydrogen) atoms. The monoisotopic (exact) mass is 396 g/mol. The van der Waals surface area contributed by atoms with Crippen LogP contribution in [0.25, 0.3) is 11.3 Å². The summed E-state index contributed by atoms with van der Waals surface area (Å²) in [6, 6.07) is 6.28. The van der Waals surface area contributed by atoms with Gasteiger partial charge < -0.3 is 0 Å². The molecule has 1 heterocycles. The standard InChI is InChI=1S/C11H12N2O7S2.2Na.2H/c14-11-7-10(12-13(11)5-6-21(15,16)17)8-1-3-9(4-2-8)22(18,19)20;;;;/h1-4,7,12H,5-6H2,(H,15,16,17)(H,18,19,20);;;;. The summed E-state index contributed by atoms with van der Waals surface area (Å²) in [6.07, 6.45) is 0. The average Bonchev–Trinajstić information content (AvgIpc) is 2.76. The fourth-order valence-corrected chi connectivity index (χ4v) is 2.65. The van der Waals surface area contributed by atoms with Crippen molar-refractivity contribution in [3.05, 3.63) is 40.7 Å². The van der Waals surface area contributed by atoms with Crippen LogP contribution < -0.4 is 5.56 Å². The molecule has 0 aliphatic rings. The summed E-state index contributed by atoms with van der Waals surface area (Å²) in [6.45, 7) is -0.249. The molecule has 0 unspecified atom stereocenters. The van der Waals surface area contributed by atoms with E-state index in [1.165, 1.54) is 30.3 Å². The maximum absolute atomic E-state index is 11.7. The van der Waals surface area contributed by atoms with Gasteiger partial charge in [0.2, 0.25) is 0 Å². The maximum atomic E-state index is 11.7. The Morgan fingerprint density at radius 1 is 1.00 bits per heavy atom. The second-order valence-electron chi connectivity index (χ2n) is 4.45. The summed E-state index contributed by atoms with van der Waals surface area (Å²) >= 11 is 0. The Hall–Kier alpha value is 0.0500. The van der Waals surface area contributed by atoms with Gasteiger partial charge in [0.15, 0.2) is 0 Å². The predicted octanol–water partition coefficient (Wildman–Crippen LogP) is -1.32. The molecule has 124 valence electrons. The second kappa shape index (κ2) is 9.12. The van der Waals surface area contributed by atoms with Crippen molar-refractivity contribution in [3.63, 3.8) is 0 Å². The second-order valence-corrected chi connectivity index (χ2v) is 7.44. The van der Waals surface area contributed by atoms with Crippen LogP contribution in [0.2, 0.25) is 0 Å². The molecule has 9 nitrogen and oxygen atoms in total. The minimum atomic E-state index is -4.30. The Kier molecular flexibility index (Phi) is 9.14. The van der Waals surface area contributed by atoms with Gasteiger partial charge in [-0.2, -0.15) is 16.8 Å². The van der Waals surface area contributed by atoms with Gasteiger partial charge in [-0.3, -0.25) is 23.7 Å². The summed E-state index contributed by atoms with van der Waals surface area (Å²) in [4.78, 5) is 11.4. The summed E-state index contributed by atoms with van der Waals surface area (Å²) in [5.74, 6) is -0.617. The van der Waals surface area contributed by atoms with Crippen molar-refractivity contribution in [2.75, 3.05) is 5.75 Å². The molecule has 0 fully saturated rings. The zero-order chi connectivity index (χ0) is 16.5. The molecular weight excluding hydrogens is 382 g/mol. The van der Waals surface area contributed by atoms with Crippen LogP contribution in [0, 0.1) is 0 Å². The average molecular weight is 396 g/mol. The number of aromatic nitrogens is 2. The van der Waals surface area contributed by atoms with Gasteiger partial charge in [0, 0.05) is 6.07 Å². The van der Waals surface area contributed by atoms with Crippen LogP contribution in [0.4, 0.5) is 0 Å². The summed E-state index contributed by atoms with van der Waals surface area (Å²) in [7, 11) is -8.49. The van der Waals surface area contributed by atoms with Gasteiger partial charge in [0.05, 0.1) is 22.9 Å². The first-order valence-electron chi connectivity index (χ1n) is 5.89. The molecule has 3 N–H and O–H groups in total. The van der Waals surface area contributed by atoms with E-state index in [0.29, 0.717) is 11.3 Å². The number of nitrogens with zero attached hydrogens (tertiary/aromatic N) is 1. The first-order valence-corrected chi connectivity index (χ1v) is 8.94. The van der Waals surface area contributed by atoms with Gasteiger partial charge in [-0.05, 0) is 17.7 Å². The van der Waals surface area contributed by atoms with Gasteiger partial charge in [0.1, 0.15) is 0 Å². The van der Waals surface area contributed by atoms with Gasteiger partial charge >= 0.3 is 59.1 Å². The first-order chi connectivity index (χ1) is 10.1. The molecule has 1 aromatic heterocycles. The third kappa shape index (κ3) is 6.75. The van der Waals surface area contributed by atoms with E-state index >= 15 is 0 Å². The number of aromatic amines is 1.